The number of carbonyl (C=O) groups is 3. The maximum absolute atomic E-state index is 12.5. The molecule has 1 aromatic carbocycles. The van der Waals surface area contributed by atoms with Gasteiger partial charge in [-0.25, -0.2) is 0 Å². The van der Waals surface area contributed by atoms with Crippen molar-refractivity contribution >= 4 is 29.1 Å². The van der Waals surface area contributed by atoms with Crippen LogP contribution in [0.4, 0.5) is 0 Å². The molecule has 0 unspecified atom stereocenters. The highest BCUT2D eigenvalue weighted by Gasteiger charge is 2.39. The number of carbonyl (C=O) groups excluding carboxylic acids is 3. The van der Waals surface area contributed by atoms with Gasteiger partial charge in [0.2, 0.25) is 5.91 Å². The Hall–Kier alpha value is -2.47. The summed E-state index contributed by atoms with van der Waals surface area (Å²) in [6.07, 6.45) is 4.43. The number of hydrogen-bond acceptors (Lipinski definition) is 4. The minimum atomic E-state index is -0.394. The lowest BCUT2D eigenvalue weighted by Crippen LogP contribution is -2.44. The van der Waals surface area contributed by atoms with E-state index in [1.807, 2.05) is 6.07 Å². The summed E-state index contributed by atoms with van der Waals surface area (Å²) in [6.45, 7) is 0.322. The predicted molar refractivity (Wildman–Crippen MR) is 99.3 cm³/mol. The summed E-state index contributed by atoms with van der Waals surface area (Å²) < 4.78 is 0. The number of rotatable bonds is 5. The molecule has 2 heterocycles. The Morgan fingerprint density at radius 1 is 1.04 bits per heavy atom. The molecule has 1 fully saturated rings. The normalized spacial score (nSPS) is 18.2. The van der Waals surface area contributed by atoms with E-state index >= 15 is 0 Å². The summed E-state index contributed by atoms with van der Waals surface area (Å²) >= 11 is 1.73. The van der Waals surface area contributed by atoms with Gasteiger partial charge < -0.3 is 5.32 Å². The highest BCUT2D eigenvalue weighted by Crippen LogP contribution is 2.42. The Bertz CT molecular complexity index is 819. The van der Waals surface area contributed by atoms with Crippen molar-refractivity contribution in [1.29, 1.82) is 0 Å². The van der Waals surface area contributed by atoms with E-state index in [1.54, 1.807) is 35.6 Å². The summed E-state index contributed by atoms with van der Waals surface area (Å²) in [5, 5.41) is 5.04. The summed E-state index contributed by atoms with van der Waals surface area (Å²) in [5.74, 6) is -1.08. The number of benzene rings is 1. The first-order valence-electron chi connectivity index (χ1n) is 8.87. The standard InChI is InChI=1S/C20H20N2O3S/c23-17(12-22-18(24)14-6-1-2-7-15(14)19(22)25)21-13-20(9-3-4-10-20)16-8-5-11-26-16/h1-2,5-8,11H,3-4,9-10,12-13H2,(H,21,23). The number of imide groups is 1. The first-order chi connectivity index (χ1) is 12.6. The van der Waals surface area contributed by atoms with Gasteiger partial charge in [-0.2, -0.15) is 0 Å². The second kappa shape index (κ2) is 6.68. The second-order valence-electron chi connectivity index (χ2n) is 6.98. The van der Waals surface area contributed by atoms with E-state index in [-0.39, 0.29) is 17.9 Å². The summed E-state index contributed by atoms with van der Waals surface area (Å²) in [6, 6.07) is 10.9. The Morgan fingerprint density at radius 3 is 2.27 bits per heavy atom. The average Bonchev–Trinajstić information content (AvgIpc) is 3.39. The molecule has 0 radical (unpaired) electrons. The number of thiophene rings is 1. The zero-order valence-electron chi connectivity index (χ0n) is 14.4. The van der Waals surface area contributed by atoms with Gasteiger partial charge in [0, 0.05) is 16.8 Å². The maximum atomic E-state index is 12.5. The molecule has 134 valence electrons. The number of nitrogens with one attached hydrogen (secondary N) is 1. The summed E-state index contributed by atoms with van der Waals surface area (Å²) in [7, 11) is 0. The van der Waals surface area contributed by atoms with Gasteiger partial charge in [0.1, 0.15) is 6.54 Å². The average molecular weight is 368 g/mol. The molecule has 0 saturated heterocycles. The van der Waals surface area contributed by atoms with Gasteiger partial charge in [-0.15, -0.1) is 11.3 Å². The molecule has 4 rings (SSSR count). The fourth-order valence-corrected chi connectivity index (χ4v) is 4.98. The van der Waals surface area contributed by atoms with E-state index in [2.05, 4.69) is 16.8 Å². The van der Waals surface area contributed by atoms with Gasteiger partial charge >= 0.3 is 0 Å². The Balaban J connectivity index is 1.42. The van der Waals surface area contributed by atoms with Gasteiger partial charge in [0.05, 0.1) is 11.1 Å². The van der Waals surface area contributed by atoms with E-state index < -0.39 is 11.8 Å². The fraction of sp³-hybridized carbons (Fsp3) is 0.350. The molecular weight excluding hydrogens is 348 g/mol. The Morgan fingerprint density at radius 2 is 1.69 bits per heavy atom. The molecule has 5 nitrogen and oxygen atoms in total. The zero-order valence-corrected chi connectivity index (χ0v) is 15.2. The topological polar surface area (TPSA) is 66.5 Å². The third-order valence-corrected chi connectivity index (χ3v) is 6.52. The Labute approximate surface area is 156 Å². The largest absolute Gasteiger partial charge is 0.354 e. The fourth-order valence-electron chi connectivity index (χ4n) is 3.99. The van der Waals surface area contributed by atoms with E-state index in [4.69, 9.17) is 0 Å². The number of fused-ring (bicyclic) bond motifs is 1. The van der Waals surface area contributed by atoms with E-state index in [9.17, 15) is 14.4 Å². The summed E-state index contributed by atoms with van der Waals surface area (Å²) in [4.78, 5) is 39.6. The van der Waals surface area contributed by atoms with Crippen molar-refractivity contribution in [2.24, 2.45) is 0 Å². The predicted octanol–water partition coefficient (Wildman–Crippen LogP) is 2.97. The van der Waals surface area contributed by atoms with Gasteiger partial charge in [-0.3, -0.25) is 19.3 Å². The van der Waals surface area contributed by atoms with Crippen molar-refractivity contribution in [2.45, 2.75) is 31.1 Å². The van der Waals surface area contributed by atoms with Crippen molar-refractivity contribution in [1.82, 2.24) is 10.2 Å². The van der Waals surface area contributed by atoms with Crippen molar-refractivity contribution in [3.8, 4) is 0 Å². The molecule has 2 aliphatic rings. The van der Waals surface area contributed by atoms with Crippen LogP contribution in [0.5, 0.6) is 0 Å². The third kappa shape index (κ3) is 2.84. The van der Waals surface area contributed by atoms with Crippen LogP contribution >= 0.6 is 11.3 Å². The van der Waals surface area contributed by atoms with Crippen LogP contribution < -0.4 is 5.32 Å². The molecule has 0 atom stereocenters. The number of amides is 3. The lowest BCUT2D eigenvalue weighted by atomic mass is 9.84. The van der Waals surface area contributed by atoms with Crippen LogP contribution in [0.1, 0.15) is 51.3 Å². The van der Waals surface area contributed by atoms with E-state index in [1.165, 1.54) is 4.88 Å². The third-order valence-electron chi connectivity index (χ3n) is 5.41. The molecule has 0 spiro atoms. The molecule has 3 amide bonds. The van der Waals surface area contributed by atoms with Crippen molar-refractivity contribution in [2.75, 3.05) is 13.1 Å². The molecule has 1 aromatic heterocycles. The summed E-state index contributed by atoms with van der Waals surface area (Å²) in [5.41, 5.74) is 0.735. The quantitative estimate of drug-likeness (QED) is 0.825. The van der Waals surface area contributed by atoms with Gasteiger partial charge in [0.25, 0.3) is 11.8 Å². The molecule has 2 aromatic rings. The lowest BCUT2D eigenvalue weighted by Gasteiger charge is -2.28. The second-order valence-corrected chi connectivity index (χ2v) is 7.93. The van der Waals surface area contributed by atoms with Gasteiger partial charge in [-0.1, -0.05) is 31.0 Å². The van der Waals surface area contributed by atoms with Crippen LogP contribution in [0.25, 0.3) is 0 Å². The smallest absolute Gasteiger partial charge is 0.262 e. The highest BCUT2D eigenvalue weighted by atomic mass is 32.1. The molecule has 6 heteroatoms. The van der Waals surface area contributed by atoms with Crippen LogP contribution in [0.3, 0.4) is 0 Å². The number of hydrogen-bond donors (Lipinski definition) is 1. The van der Waals surface area contributed by atoms with E-state index in [0.717, 1.165) is 30.6 Å². The number of nitrogens with zero attached hydrogens (tertiary/aromatic N) is 1. The maximum Gasteiger partial charge on any atom is 0.262 e. The lowest BCUT2D eigenvalue weighted by molar-refractivity contribution is -0.121. The Kier molecular flexibility index (Phi) is 4.36. The van der Waals surface area contributed by atoms with Gasteiger partial charge in [0.15, 0.2) is 0 Å². The SMILES string of the molecule is O=C(CN1C(=O)c2ccccc2C1=O)NCC1(c2cccs2)CCCC1. The first kappa shape index (κ1) is 17.0. The van der Waals surface area contributed by atoms with Gasteiger partial charge in [-0.05, 0) is 36.4 Å². The molecule has 26 heavy (non-hydrogen) atoms. The van der Waals surface area contributed by atoms with Crippen molar-refractivity contribution < 1.29 is 14.4 Å². The van der Waals surface area contributed by atoms with Crippen LogP contribution in [0.15, 0.2) is 41.8 Å². The molecule has 1 aliphatic carbocycles. The van der Waals surface area contributed by atoms with Crippen LogP contribution in [0, 0.1) is 0 Å². The highest BCUT2D eigenvalue weighted by molar-refractivity contribution is 7.10. The zero-order chi connectivity index (χ0) is 18.1. The van der Waals surface area contributed by atoms with E-state index in [0.29, 0.717) is 17.7 Å². The van der Waals surface area contributed by atoms with Crippen LogP contribution in [-0.4, -0.2) is 35.7 Å². The van der Waals surface area contributed by atoms with Crippen LogP contribution in [-0.2, 0) is 10.2 Å². The van der Waals surface area contributed by atoms with Crippen molar-refractivity contribution in [3.05, 3.63) is 57.8 Å². The molecule has 1 saturated carbocycles. The monoisotopic (exact) mass is 368 g/mol. The van der Waals surface area contributed by atoms with Crippen LogP contribution in [0.2, 0.25) is 0 Å². The molecule has 0 bridgehead atoms. The molecular formula is C20H20N2O3S. The molecule has 1 aliphatic heterocycles. The minimum absolute atomic E-state index is 0.00812. The first-order valence-corrected chi connectivity index (χ1v) is 9.75. The molecule has 1 N–H and O–H groups in total. The van der Waals surface area contributed by atoms with Crippen molar-refractivity contribution in [3.63, 3.8) is 0 Å². The minimum Gasteiger partial charge on any atom is -0.354 e.